The Kier molecular flexibility index (Phi) is 4.19. The zero-order chi connectivity index (χ0) is 13.9. The molecule has 0 atom stereocenters. The largest absolute Gasteiger partial charge is 0.409 e. The summed E-state index contributed by atoms with van der Waals surface area (Å²) in [5.41, 5.74) is 6.09. The van der Waals surface area contributed by atoms with Crippen molar-refractivity contribution in [2.75, 3.05) is 23.7 Å². The van der Waals surface area contributed by atoms with Crippen LogP contribution >= 0.6 is 11.8 Å². The van der Waals surface area contributed by atoms with Gasteiger partial charge in [0.15, 0.2) is 5.84 Å². The van der Waals surface area contributed by atoms with Gasteiger partial charge in [-0.2, -0.15) is 11.8 Å². The molecule has 1 aromatic heterocycles. The molecule has 1 aromatic rings. The Balaban J connectivity index is 2.18. The summed E-state index contributed by atoms with van der Waals surface area (Å²) < 4.78 is 0.317. The van der Waals surface area contributed by atoms with Crippen LogP contribution in [0.1, 0.15) is 26.0 Å². The lowest BCUT2D eigenvalue weighted by Gasteiger charge is -2.23. The second-order valence-electron chi connectivity index (χ2n) is 5.21. The van der Waals surface area contributed by atoms with E-state index in [0.717, 1.165) is 31.1 Å². The van der Waals surface area contributed by atoms with Gasteiger partial charge in [-0.15, -0.1) is 0 Å². The molecule has 1 saturated heterocycles. The smallest absolute Gasteiger partial charge is 0.188 e. The van der Waals surface area contributed by atoms with Crippen molar-refractivity contribution in [2.24, 2.45) is 10.9 Å². The van der Waals surface area contributed by atoms with Crippen molar-refractivity contribution < 1.29 is 5.21 Å². The van der Waals surface area contributed by atoms with E-state index >= 15 is 0 Å². The first kappa shape index (κ1) is 14.0. The molecular weight excluding hydrogens is 260 g/mol. The second kappa shape index (κ2) is 5.69. The highest BCUT2D eigenvalue weighted by Gasteiger charge is 2.24. The molecule has 3 N–H and O–H groups in total. The molecule has 0 amide bonds. The fourth-order valence-electron chi connectivity index (χ4n) is 2.04. The highest BCUT2D eigenvalue weighted by Crippen LogP contribution is 2.31. The Labute approximate surface area is 117 Å². The maximum absolute atomic E-state index is 8.71. The van der Waals surface area contributed by atoms with Crippen LogP contribution in [-0.2, 0) is 0 Å². The minimum atomic E-state index is 0.0476. The van der Waals surface area contributed by atoms with Gasteiger partial charge in [0.05, 0.1) is 0 Å². The van der Waals surface area contributed by atoms with Gasteiger partial charge in [0.25, 0.3) is 0 Å². The quantitative estimate of drug-likeness (QED) is 0.374. The van der Waals surface area contributed by atoms with Gasteiger partial charge in [0.2, 0.25) is 0 Å². The average molecular weight is 280 g/mol. The molecule has 1 aliphatic heterocycles. The van der Waals surface area contributed by atoms with Gasteiger partial charge >= 0.3 is 0 Å². The van der Waals surface area contributed by atoms with E-state index in [-0.39, 0.29) is 5.84 Å². The van der Waals surface area contributed by atoms with Crippen LogP contribution in [0.25, 0.3) is 0 Å². The molecule has 0 unspecified atom stereocenters. The van der Waals surface area contributed by atoms with Gasteiger partial charge < -0.3 is 15.8 Å². The number of aromatic nitrogens is 1. The predicted octanol–water partition coefficient (Wildman–Crippen LogP) is 1.90. The van der Waals surface area contributed by atoms with Crippen molar-refractivity contribution in [2.45, 2.75) is 25.0 Å². The number of nitrogens with two attached hydrogens (primary N) is 1. The van der Waals surface area contributed by atoms with Crippen molar-refractivity contribution in [1.82, 2.24) is 4.98 Å². The van der Waals surface area contributed by atoms with Crippen LogP contribution < -0.4 is 10.6 Å². The number of hydrogen-bond acceptors (Lipinski definition) is 5. The number of hydrogen-bond donors (Lipinski definition) is 2. The van der Waals surface area contributed by atoms with E-state index in [2.05, 4.69) is 28.9 Å². The van der Waals surface area contributed by atoms with Gasteiger partial charge in [-0.25, -0.2) is 4.98 Å². The summed E-state index contributed by atoms with van der Waals surface area (Å²) in [4.78, 5) is 6.72. The molecule has 1 aliphatic rings. The number of amidine groups is 1. The van der Waals surface area contributed by atoms with Crippen LogP contribution in [0.15, 0.2) is 23.4 Å². The summed E-state index contributed by atoms with van der Waals surface area (Å²) >= 11 is 2.00. The molecule has 0 saturated carbocycles. The number of nitrogens with zero attached hydrogens (tertiary/aromatic N) is 3. The number of rotatable bonds is 2. The molecule has 0 aliphatic carbocycles. The minimum absolute atomic E-state index is 0.0476. The third-order valence-electron chi connectivity index (χ3n) is 3.27. The Bertz CT molecular complexity index is 475. The highest BCUT2D eigenvalue weighted by molar-refractivity contribution is 8.00. The normalized spacial score (nSPS) is 20.1. The Morgan fingerprint density at radius 1 is 1.47 bits per heavy atom. The van der Waals surface area contributed by atoms with E-state index in [1.807, 2.05) is 23.9 Å². The summed E-state index contributed by atoms with van der Waals surface area (Å²) in [5.74, 6) is 2.02. The maximum atomic E-state index is 8.71. The third-order valence-corrected chi connectivity index (χ3v) is 4.64. The maximum Gasteiger partial charge on any atom is 0.188 e. The SMILES string of the molecule is CC1(C)CCN(c2cccc(/C(N)=N/O)n2)CCS1. The van der Waals surface area contributed by atoms with Crippen molar-refractivity contribution in [3.8, 4) is 0 Å². The predicted molar refractivity (Wildman–Crippen MR) is 80.1 cm³/mol. The van der Waals surface area contributed by atoms with Gasteiger partial charge in [0, 0.05) is 23.6 Å². The second-order valence-corrected chi connectivity index (χ2v) is 7.01. The van der Waals surface area contributed by atoms with Crippen molar-refractivity contribution >= 4 is 23.4 Å². The van der Waals surface area contributed by atoms with Crippen molar-refractivity contribution in [3.05, 3.63) is 23.9 Å². The average Bonchev–Trinajstić information content (AvgIpc) is 2.59. The first-order valence-electron chi connectivity index (χ1n) is 6.36. The first-order chi connectivity index (χ1) is 9.02. The summed E-state index contributed by atoms with van der Waals surface area (Å²) in [5, 5.41) is 11.7. The van der Waals surface area contributed by atoms with Crippen LogP contribution in [0, 0.1) is 0 Å². The summed E-state index contributed by atoms with van der Waals surface area (Å²) in [6.45, 7) is 6.51. The minimum Gasteiger partial charge on any atom is -0.409 e. The molecule has 5 nitrogen and oxygen atoms in total. The molecular formula is C13H20N4OS. The van der Waals surface area contributed by atoms with Crippen LogP contribution in [0.4, 0.5) is 5.82 Å². The fraction of sp³-hybridized carbons (Fsp3) is 0.538. The van der Waals surface area contributed by atoms with E-state index in [0.29, 0.717) is 10.4 Å². The van der Waals surface area contributed by atoms with E-state index in [1.165, 1.54) is 0 Å². The zero-order valence-electron chi connectivity index (χ0n) is 11.3. The topological polar surface area (TPSA) is 74.7 Å². The molecule has 0 radical (unpaired) electrons. The number of anilines is 1. The Morgan fingerprint density at radius 2 is 2.26 bits per heavy atom. The monoisotopic (exact) mass is 280 g/mol. The van der Waals surface area contributed by atoms with Crippen LogP contribution in [0.2, 0.25) is 0 Å². The number of oxime groups is 1. The Hall–Kier alpha value is -1.43. The highest BCUT2D eigenvalue weighted by atomic mass is 32.2. The van der Waals surface area contributed by atoms with Gasteiger partial charge in [-0.1, -0.05) is 25.1 Å². The standard InChI is InChI=1S/C13H20N4OS/c1-13(2)6-7-17(8-9-19-13)11-5-3-4-10(15-11)12(14)16-18/h3-5,18H,6-9H2,1-2H3,(H2,14,16). The third kappa shape index (κ3) is 3.53. The molecule has 2 rings (SSSR count). The number of pyridine rings is 1. The van der Waals surface area contributed by atoms with Crippen LogP contribution in [0.3, 0.4) is 0 Å². The van der Waals surface area contributed by atoms with Gasteiger partial charge in [0.1, 0.15) is 11.5 Å². The Morgan fingerprint density at radius 3 is 3.00 bits per heavy atom. The molecule has 2 heterocycles. The first-order valence-corrected chi connectivity index (χ1v) is 7.34. The molecule has 0 bridgehead atoms. The van der Waals surface area contributed by atoms with E-state index in [4.69, 9.17) is 10.9 Å². The lowest BCUT2D eigenvalue weighted by atomic mass is 10.1. The number of thioether (sulfide) groups is 1. The van der Waals surface area contributed by atoms with Crippen LogP contribution in [0.5, 0.6) is 0 Å². The molecule has 0 spiro atoms. The summed E-state index contributed by atoms with van der Waals surface area (Å²) in [6, 6.07) is 5.60. The van der Waals surface area contributed by atoms with Gasteiger partial charge in [-0.05, 0) is 18.6 Å². The molecule has 104 valence electrons. The van der Waals surface area contributed by atoms with Gasteiger partial charge in [-0.3, -0.25) is 0 Å². The lowest BCUT2D eigenvalue weighted by molar-refractivity contribution is 0.318. The van der Waals surface area contributed by atoms with Crippen LogP contribution in [-0.4, -0.2) is 39.6 Å². The molecule has 19 heavy (non-hydrogen) atoms. The summed E-state index contributed by atoms with van der Waals surface area (Å²) in [6.07, 6.45) is 1.12. The van der Waals surface area contributed by atoms with E-state index < -0.39 is 0 Å². The molecule has 0 aromatic carbocycles. The van der Waals surface area contributed by atoms with Crippen molar-refractivity contribution in [1.29, 1.82) is 0 Å². The zero-order valence-corrected chi connectivity index (χ0v) is 12.2. The van der Waals surface area contributed by atoms with Crippen molar-refractivity contribution in [3.63, 3.8) is 0 Å². The fourth-order valence-corrected chi connectivity index (χ4v) is 3.14. The molecule has 1 fully saturated rings. The van der Waals surface area contributed by atoms with E-state index in [9.17, 15) is 0 Å². The lowest BCUT2D eigenvalue weighted by Crippen LogP contribution is -2.28. The summed E-state index contributed by atoms with van der Waals surface area (Å²) in [7, 11) is 0. The molecule has 6 heteroatoms. The van der Waals surface area contributed by atoms with E-state index in [1.54, 1.807) is 6.07 Å².